The maximum absolute atomic E-state index is 11.6. The van der Waals surface area contributed by atoms with Crippen molar-refractivity contribution in [2.75, 3.05) is 25.9 Å². The third-order valence-corrected chi connectivity index (χ3v) is 3.91. The van der Waals surface area contributed by atoms with Gasteiger partial charge in [-0.15, -0.1) is 0 Å². The van der Waals surface area contributed by atoms with E-state index in [-0.39, 0.29) is 11.8 Å². The van der Waals surface area contributed by atoms with Gasteiger partial charge in [0, 0.05) is 25.6 Å². The molecule has 0 aliphatic heterocycles. The lowest BCUT2D eigenvalue weighted by Crippen LogP contribution is -2.39. The zero-order chi connectivity index (χ0) is 14.3. The van der Waals surface area contributed by atoms with Crippen molar-refractivity contribution in [3.63, 3.8) is 0 Å². The van der Waals surface area contributed by atoms with Gasteiger partial charge in [-0.05, 0) is 12.3 Å². The number of carbonyl (C=O) groups is 1. The van der Waals surface area contributed by atoms with Gasteiger partial charge in [0.1, 0.15) is 0 Å². The maximum Gasteiger partial charge on any atom is 0.222 e. The lowest BCUT2D eigenvalue weighted by atomic mass is 10.1. The second-order valence-electron chi connectivity index (χ2n) is 5.29. The van der Waals surface area contributed by atoms with Crippen LogP contribution in [0.5, 0.6) is 0 Å². The summed E-state index contributed by atoms with van der Waals surface area (Å²) in [6.45, 7) is 8.94. The number of hydrogen-bond acceptors (Lipinski definition) is 3. The van der Waals surface area contributed by atoms with Crippen LogP contribution in [0, 0.1) is 11.8 Å². The molecule has 0 saturated carbocycles. The predicted octanol–water partition coefficient (Wildman–Crippen LogP) is 1.07. The van der Waals surface area contributed by atoms with E-state index in [1.165, 1.54) is 10.6 Å². The fourth-order valence-corrected chi connectivity index (χ4v) is 2.21. The van der Waals surface area contributed by atoms with Crippen molar-refractivity contribution in [3.05, 3.63) is 0 Å². The minimum atomic E-state index is -3.20. The van der Waals surface area contributed by atoms with Crippen molar-refractivity contribution in [2.24, 2.45) is 11.8 Å². The summed E-state index contributed by atoms with van der Waals surface area (Å²) >= 11 is 0. The number of carbonyl (C=O) groups excluding carboxylic acids is 1. The molecular weight excluding hydrogens is 252 g/mol. The minimum Gasteiger partial charge on any atom is -0.355 e. The van der Waals surface area contributed by atoms with Crippen LogP contribution >= 0.6 is 0 Å². The van der Waals surface area contributed by atoms with Crippen molar-refractivity contribution in [1.82, 2.24) is 9.62 Å². The molecule has 0 atom stereocenters. The molecule has 0 spiro atoms. The molecule has 0 saturated heterocycles. The van der Waals surface area contributed by atoms with Gasteiger partial charge in [-0.25, -0.2) is 12.7 Å². The zero-order valence-electron chi connectivity index (χ0n) is 12.1. The Balaban J connectivity index is 4.23. The molecule has 0 aromatic carbocycles. The molecule has 0 fully saturated rings. The monoisotopic (exact) mass is 278 g/mol. The first kappa shape index (κ1) is 17.4. The van der Waals surface area contributed by atoms with Crippen LogP contribution in [-0.4, -0.2) is 44.5 Å². The largest absolute Gasteiger partial charge is 0.355 e. The van der Waals surface area contributed by atoms with Gasteiger partial charge < -0.3 is 5.32 Å². The summed E-state index contributed by atoms with van der Waals surface area (Å²) in [5.74, 6) is 0.333. The third kappa shape index (κ3) is 7.66. The van der Waals surface area contributed by atoms with E-state index < -0.39 is 10.0 Å². The average Bonchev–Trinajstić information content (AvgIpc) is 2.20. The summed E-state index contributed by atoms with van der Waals surface area (Å²) in [5, 5.41) is 2.73. The molecule has 0 aliphatic rings. The smallest absolute Gasteiger partial charge is 0.222 e. The van der Waals surface area contributed by atoms with Crippen LogP contribution in [0.15, 0.2) is 0 Å². The SMILES string of the molecule is CC(C)CCN(CCNC(=O)C(C)C)S(C)(=O)=O. The molecule has 1 amide bonds. The number of nitrogens with zero attached hydrogens (tertiary/aromatic N) is 1. The first-order valence-corrected chi connectivity index (χ1v) is 8.22. The minimum absolute atomic E-state index is 0.0488. The Morgan fingerprint density at radius 3 is 2.11 bits per heavy atom. The van der Waals surface area contributed by atoms with Crippen molar-refractivity contribution in [3.8, 4) is 0 Å². The van der Waals surface area contributed by atoms with Gasteiger partial charge in [0.25, 0.3) is 0 Å². The molecule has 0 rings (SSSR count). The highest BCUT2D eigenvalue weighted by Gasteiger charge is 2.17. The molecule has 0 unspecified atom stereocenters. The molecule has 0 aromatic heterocycles. The Morgan fingerprint density at radius 1 is 1.17 bits per heavy atom. The highest BCUT2D eigenvalue weighted by Crippen LogP contribution is 2.05. The summed E-state index contributed by atoms with van der Waals surface area (Å²) in [6, 6.07) is 0. The Hall–Kier alpha value is -0.620. The molecule has 18 heavy (non-hydrogen) atoms. The van der Waals surface area contributed by atoms with Gasteiger partial charge >= 0.3 is 0 Å². The first-order valence-electron chi connectivity index (χ1n) is 6.37. The summed E-state index contributed by atoms with van der Waals surface area (Å²) in [6.07, 6.45) is 2.03. The fraction of sp³-hybridized carbons (Fsp3) is 0.917. The molecular formula is C12H26N2O3S. The molecule has 0 heterocycles. The van der Waals surface area contributed by atoms with Crippen LogP contribution in [0.3, 0.4) is 0 Å². The molecule has 0 aromatic rings. The van der Waals surface area contributed by atoms with Gasteiger partial charge in [0.15, 0.2) is 0 Å². The summed E-state index contributed by atoms with van der Waals surface area (Å²) in [4.78, 5) is 11.4. The zero-order valence-corrected chi connectivity index (χ0v) is 12.9. The van der Waals surface area contributed by atoms with Crippen molar-refractivity contribution < 1.29 is 13.2 Å². The van der Waals surface area contributed by atoms with E-state index >= 15 is 0 Å². The number of nitrogens with one attached hydrogen (secondary N) is 1. The van der Waals surface area contributed by atoms with Crippen LogP contribution in [0.2, 0.25) is 0 Å². The van der Waals surface area contributed by atoms with Crippen molar-refractivity contribution in [2.45, 2.75) is 34.1 Å². The highest BCUT2D eigenvalue weighted by molar-refractivity contribution is 7.88. The normalized spacial score (nSPS) is 12.4. The van der Waals surface area contributed by atoms with Gasteiger partial charge in [-0.1, -0.05) is 27.7 Å². The topological polar surface area (TPSA) is 66.5 Å². The Bertz CT molecular complexity index is 350. The predicted molar refractivity (Wildman–Crippen MR) is 73.7 cm³/mol. The second kappa shape index (κ2) is 7.74. The van der Waals surface area contributed by atoms with Crippen LogP contribution in [0.4, 0.5) is 0 Å². The van der Waals surface area contributed by atoms with Gasteiger partial charge in [0.2, 0.25) is 15.9 Å². The lowest BCUT2D eigenvalue weighted by molar-refractivity contribution is -0.123. The van der Waals surface area contributed by atoms with E-state index in [0.29, 0.717) is 25.6 Å². The number of amides is 1. The van der Waals surface area contributed by atoms with E-state index in [2.05, 4.69) is 19.2 Å². The van der Waals surface area contributed by atoms with Crippen LogP contribution in [-0.2, 0) is 14.8 Å². The molecule has 0 aliphatic carbocycles. The number of rotatable bonds is 8. The van der Waals surface area contributed by atoms with Crippen molar-refractivity contribution >= 4 is 15.9 Å². The Kier molecular flexibility index (Phi) is 7.47. The lowest BCUT2D eigenvalue weighted by Gasteiger charge is -2.21. The third-order valence-electron chi connectivity index (χ3n) is 2.61. The van der Waals surface area contributed by atoms with E-state index in [1.54, 1.807) is 0 Å². The van der Waals surface area contributed by atoms with E-state index in [4.69, 9.17) is 0 Å². The van der Waals surface area contributed by atoms with Crippen LogP contribution in [0.25, 0.3) is 0 Å². The highest BCUT2D eigenvalue weighted by atomic mass is 32.2. The second-order valence-corrected chi connectivity index (χ2v) is 7.27. The molecule has 1 N–H and O–H groups in total. The molecule has 108 valence electrons. The standard InChI is InChI=1S/C12H26N2O3S/c1-10(2)6-8-14(18(5,16)17)9-7-13-12(15)11(3)4/h10-11H,6-9H2,1-5H3,(H,13,15). The molecule has 0 radical (unpaired) electrons. The van der Waals surface area contributed by atoms with Gasteiger partial charge in [0.05, 0.1) is 6.26 Å². The number of hydrogen-bond donors (Lipinski definition) is 1. The average molecular weight is 278 g/mol. The molecule has 5 nitrogen and oxygen atoms in total. The fourth-order valence-electron chi connectivity index (χ4n) is 1.35. The van der Waals surface area contributed by atoms with Crippen molar-refractivity contribution in [1.29, 1.82) is 0 Å². The van der Waals surface area contributed by atoms with Crippen LogP contribution < -0.4 is 5.32 Å². The molecule has 0 bridgehead atoms. The Morgan fingerprint density at radius 2 is 1.72 bits per heavy atom. The summed E-state index contributed by atoms with van der Waals surface area (Å²) in [5.41, 5.74) is 0. The summed E-state index contributed by atoms with van der Waals surface area (Å²) in [7, 11) is -3.20. The number of sulfonamides is 1. The van der Waals surface area contributed by atoms with E-state index in [0.717, 1.165) is 6.42 Å². The Labute approximate surface area is 111 Å². The molecule has 6 heteroatoms. The summed E-state index contributed by atoms with van der Waals surface area (Å²) < 4.78 is 24.6. The quantitative estimate of drug-likeness (QED) is 0.722. The van der Waals surface area contributed by atoms with Gasteiger partial charge in [-0.3, -0.25) is 4.79 Å². The first-order chi connectivity index (χ1) is 8.14. The van der Waals surface area contributed by atoms with E-state index in [1.807, 2.05) is 13.8 Å². The van der Waals surface area contributed by atoms with E-state index in [9.17, 15) is 13.2 Å². The van der Waals surface area contributed by atoms with Gasteiger partial charge in [-0.2, -0.15) is 0 Å². The maximum atomic E-state index is 11.6. The van der Waals surface area contributed by atoms with Crippen LogP contribution in [0.1, 0.15) is 34.1 Å².